The van der Waals surface area contributed by atoms with Gasteiger partial charge in [0.25, 0.3) is 0 Å². The van der Waals surface area contributed by atoms with Crippen molar-refractivity contribution in [2.75, 3.05) is 46.0 Å². The van der Waals surface area contributed by atoms with E-state index in [1.54, 1.807) is 26.1 Å². The summed E-state index contributed by atoms with van der Waals surface area (Å²) in [5, 5.41) is 16.0. The Bertz CT molecular complexity index is 1600. The Labute approximate surface area is 286 Å². The molecule has 266 valence electrons. The second kappa shape index (κ2) is 13.9. The van der Waals surface area contributed by atoms with Crippen LogP contribution in [-0.2, 0) is 32.7 Å². The number of anilines is 1. The van der Waals surface area contributed by atoms with Crippen LogP contribution in [0.3, 0.4) is 0 Å². The Morgan fingerprint density at radius 1 is 1.21 bits per heavy atom. The largest absolute Gasteiger partial charge is 0.496 e. The van der Waals surface area contributed by atoms with Crippen molar-refractivity contribution >= 4 is 21.6 Å². The van der Waals surface area contributed by atoms with Crippen LogP contribution >= 0.6 is 0 Å². The molecule has 1 amide bonds. The second-order valence-corrected chi connectivity index (χ2v) is 17.2. The number of sulfonamides is 1. The lowest BCUT2D eigenvalue weighted by Crippen LogP contribution is -2.62. The number of methoxy groups -OCH3 is 1. The molecule has 0 unspecified atom stereocenters. The summed E-state index contributed by atoms with van der Waals surface area (Å²) in [6, 6.07) is 11.2. The lowest BCUT2D eigenvalue weighted by Gasteiger charge is -2.62. The van der Waals surface area contributed by atoms with E-state index in [1.807, 2.05) is 55.4 Å². The zero-order valence-corrected chi connectivity index (χ0v) is 30.8. The first kappa shape index (κ1) is 36.5. The van der Waals surface area contributed by atoms with Gasteiger partial charge < -0.3 is 25.8 Å². The average molecular weight is 686 g/mol. The number of aliphatic hydroxyl groups is 1. The summed E-state index contributed by atoms with van der Waals surface area (Å²) in [6.07, 6.45) is 2.01. The monoisotopic (exact) mass is 685 g/mol. The molecule has 2 aromatic carbocycles. The average Bonchev–Trinajstić information content (AvgIpc) is 3.39. The number of nitrogens with two attached hydrogens (primary N) is 1. The number of ether oxygens (including phenoxy) is 1. The molecule has 0 radical (unpaired) electrons. The molecule has 3 saturated carbocycles. The predicted octanol–water partition coefficient (Wildman–Crippen LogP) is 3.45. The van der Waals surface area contributed by atoms with Crippen LogP contribution < -0.4 is 20.7 Å². The fourth-order valence-corrected chi connectivity index (χ4v) is 8.81. The molecule has 11 nitrogen and oxygen atoms in total. The standard InChI is InChI=1S/C36H55N5O6S/c1-21-29-16-26(36(29,3)4)17-30(21)38-35(43)33-32(22(2)42)31(18-37)47-41(33)20-24-11-10-12-28(34(24)46-8)25-13-23(14-27(15-25)39(5)6)19-40(7)48(9,44)45/h10-15,21-22,26,29-33,42H,16-20,37H2,1-9H3,(H,38,43)/t21-,22-,26-,29+,30-,31-,32-,33-/m0/s1. The van der Waals surface area contributed by atoms with E-state index in [9.17, 15) is 18.3 Å². The maximum absolute atomic E-state index is 14.2. The first-order chi connectivity index (χ1) is 22.5. The van der Waals surface area contributed by atoms with E-state index >= 15 is 0 Å². The summed E-state index contributed by atoms with van der Waals surface area (Å²) in [6.45, 7) is 9.23. The van der Waals surface area contributed by atoms with E-state index in [0.29, 0.717) is 28.9 Å². The van der Waals surface area contributed by atoms with Gasteiger partial charge in [-0.25, -0.2) is 12.7 Å². The predicted molar refractivity (Wildman–Crippen MR) is 189 cm³/mol. The van der Waals surface area contributed by atoms with E-state index in [2.05, 4.69) is 26.1 Å². The molecule has 2 bridgehead atoms. The van der Waals surface area contributed by atoms with Crippen LogP contribution in [0.1, 0.15) is 51.7 Å². The summed E-state index contributed by atoms with van der Waals surface area (Å²) in [4.78, 5) is 22.5. The molecule has 3 aliphatic carbocycles. The smallest absolute Gasteiger partial charge is 0.240 e. The summed E-state index contributed by atoms with van der Waals surface area (Å²) >= 11 is 0. The molecule has 8 atom stereocenters. The summed E-state index contributed by atoms with van der Waals surface area (Å²) in [5.41, 5.74) is 10.7. The minimum Gasteiger partial charge on any atom is -0.496 e. The summed E-state index contributed by atoms with van der Waals surface area (Å²) < 4.78 is 31.8. The first-order valence-electron chi connectivity index (χ1n) is 17.0. The maximum atomic E-state index is 14.2. The molecule has 0 spiro atoms. The van der Waals surface area contributed by atoms with Gasteiger partial charge in [-0.3, -0.25) is 9.63 Å². The minimum atomic E-state index is -3.38. The van der Waals surface area contributed by atoms with Crippen molar-refractivity contribution in [2.45, 2.75) is 77.9 Å². The quantitative estimate of drug-likeness (QED) is 0.307. The normalized spacial score (nSPS) is 29.0. The SMILES string of the molecule is COc1c(CN2O[C@@H](CN)[C@H]([C@H](C)O)[C@H]2C(=O)N[C@H]2C[C@@H]3C[C@H]([C@@H]2C)C3(C)C)cccc1-c1cc(CN(C)S(C)(=O)=O)cc(N(C)C)c1. The van der Waals surface area contributed by atoms with Crippen LogP contribution in [-0.4, -0.2) is 94.1 Å². The number of amides is 1. The van der Waals surface area contributed by atoms with Crippen LogP contribution in [0, 0.1) is 29.1 Å². The Morgan fingerprint density at radius 3 is 2.48 bits per heavy atom. The zero-order chi connectivity index (χ0) is 35.3. The molecule has 4 fully saturated rings. The van der Waals surface area contributed by atoms with Gasteiger partial charge in [0, 0.05) is 63.0 Å². The van der Waals surface area contributed by atoms with Gasteiger partial charge in [0.15, 0.2) is 0 Å². The third-order valence-corrected chi connectivity index (χ3v) is 12.8. The highest BCUT2D eigenvalue weighted by atomic mass is 32.2. The van der Waals surface area contributed by atoms with Crippen LogP contribution in [0.25, 0.3) is 11.1 Å². The highest BCUT2D eigenvalue weighted by molar-refractivity contribution is 7.88. The molecule has 2 aromatic rings. The van der Waals surface area contributed by atoms with Gasteiger partial charge >= 0.3 is 0 Å². The van der Waals surface area contributed by atoms with Gasteiger partial charge in [-0.1, -0.05) is 39.0 Å². The number of hydrogen-bond acceptors (Lipinski definition) is 9. The highest BCUT2D eigenvalue weighted by Gasteiger charge is 2.57. The number of carbonyl (C=O) groups excluding carboxylic acids is 1. The summed E-state index contributed by atoms with van der Waals surface area (Å²) in [5.74, 6) is 1.48. The first-order valence-corrected chi connectivity index (χ1v) is 18.8. The van der Waals surface area contributed by atoms with E-state index in [-0.39, 0.29) is 31.6 Å². The number of benzene rings is 2. The van der Waals surface area contributed by atoms with Crippen LogP contribution in [0.5, 0.6) is 5.75 Å². The third-order valence-electron chi connectivity index (χ3n) is 11.5. The maximum Gasteiger partial charge on any atom is 0.240 e. The Kier molecular flexibility index (Phi) is 10.6. The number of para-hydroxylation sites is 1. The van der Waals surface area contributed by atoms with Crippen molar-refractivity contribution in [3.8, 4) is 16.9 Å². The van der Waals surface area contributed by atoms with E-state index in [1.165, 1.54) is 17.0 Å². The van der Waals surface area contributed by atoms with Crippen LogP contribution in [0.2, 0.25) is 0 Å². The van der Waals surface area contributed by atoms with Crippen molar-refractivity contribution in [2.24, 2.45) is 34.8 Å². The second-order valence-electron chi connectivity index (χ2n) is 15.1. The van der Waals surface area contributed by atoms with Gasteiger partial charge in [0.1, 0.15) is 11.8 Å². The number of hydrogen-bond donors (Lipinski definition) is 3. The molecule has 0 aromatic heterocycles. The van der Waals surface area contributed by atoms with Crippen LogP contribution in [0.4, 0.5) is 5.69 Å². The van der Waals surface area contributed by atoms with Crippen molar-refractivity contribution in [1.82, 2.24) is 14.7 Å². The Balaban J connectivity index is 1.46. The molecular weight excluding hydrogens is 630 g/mol. The molecular formula is C36H55N5O6S. The number of aliphatic hydroxyl groups excluding tert-OH is 1. The van der Waals surface area contributed by atoms with Crippen molar-refractivity contribution in [1.29, 1.82) is 0 Å². The van der Waals surface area contributed by atoms with Crippen LogP contribution in [0.15, 0.2) is 36.4 Å². The van der Waals surface area contributed by atoms with E-state index < -0.39 is 34.2 Å². The van der Waals surface area contributed by atoms with Gasteiger partial charge in [-0.15, -0.1) is 0 Å². The molecule has 6 rings (SSSR count). The number of hydroxylamine groups is 2. The fourth-order valence-electron chi connectivity index (χ4n) is 8.43. The molecule has 1 saturated heterocycles. The van der Waals surface area contributed by atoms with Gasteiger partial charge in [0.2, 0.25) is 15.9 Å². The molecule has 4 N–H and O–H groups in total. The molecule has 48 heavy (non-hydrogen) atoms. The van der Waals surface area contributed by atoms with Crippen molar-refractivity contribution in [3.63, 3.8) is 0 Å². The van der Waals surface area contributed by atoms with Gasteiger partial charge in [-0.2, -0.15) is 5.06 Å². The van der Waals surface area contributed by atoms with Gasteiger partial charge in [0.05, 0.1) is 32.1 Å². The topological polar surface area (TPSA) is 138 Å². The lowest BCUT2D eigenvalue weighted by molar-refractivity contribution is -0.175. The molecule has 4 aliphatic rings. The third kappa shape index (κ3) is 6.97. The molecule has 1 heterocycles. The molecule has 1 aliphatic heterocycles. The number of nitrogens with one attached hydrogen (secondary N) is 1. The number of fused-ring (bicyclic) bond motifs is 2. The van der Waals surface area contributed by atoms with Gasteiger partial charge in [-0.05, 0) is 72.3 Å². The Morgan fingerprint density at radius 2 is 1.92 bits per heavy atom. The van der Waals surface area contributed by atoms with E-state index in [0.717, 1.165) is 34.4 Å². The van der Waals surface area contributed by atoms with E-state index in [4.69, 9.17) is 15.3 Å². The fraction of sp³-hybridized carbons (Fsp3) is 0.639. The Hall–Kier alpha value is -2.74. The number of nitrogens with zero attached hydrogens (tertiary/aromatic N) is 3. The minimum absolute atomic E-state index is 0.0699. The highest BCUT2D eigenvalue weighted by Crippen LogP contribution is 2.61. The lowest BCUT2D eigenvalue weighted by atomic mass is 9.45. The molecule has 12 heteroatoms. The number of rotatable bonds is 12. The number of carbonyl (C=O) groups is 1. The summed E-state index contributed by atoms with van der Waals surface area (Å²) in [7, 11) is 3.69. The zero-order valence-electron chi connectivity index (χ0n) is 29.9. The van der Waals surface area contributed by atoms with Crippen molar-refractivity contribution in [3.05, 3.63) is 47.5 Å². The van der Waals surface area contributed by atoms with Crippen molar-refractivity contribution < 1.29 is 27.9 Å².